The normalized spacial score (nSPS) is 10.6. The molecule has 1 aromatic carbocycles. The van der Waals surface area contributed by atoms with E-state index in [0.29, 0.717) is 23.2 Å². The van der Waals surface area contributed by atoms with Gasteiger partial charge in [0, 0.05) is 30.1 Å². The average Bonchev–Trinajstić information content (AvgIpc) is 3.05. The van der Waals surface area contributed by atoms with Crippen LogP contribution in [0, 0.1) is 10.1 Å². The number of carbonyl (C=O) groups excluding carboxylic acids is 1. The number of benzene rings is 1. The molecular formula is C17H14N2O6. The van der Waals surface area contributed by atoms with Crippen molar-refractivity contribution in [2.75, 3.05) is 7.11 Å². The molecule has 0 atom stereocenters. The van der Waals surface area contributed by atoms with E-state index in [-0.39, 0.29) is 22.9 Å². The van der Waals surface area contributed by atoms with Gasteiger partial charge >= 0.3 is 5.97 Å². The molecule has 8 nitrogen and oxygen atoms in total. The quantitative estimate of drug-likeness (QED) is 0.302. The zero-order valence-corrected chi connectivity index (χ0v) is 13.5. The van der Waals surface area contributed by atoms with Gasteiger partial charge in [0.15, 0.2) is 5.58 Å². The van der Waals surface area contributed by atoms with E-state index < -0.39 is 10.9 Å². The molecule has 0 aliphatic heterocycles. The first-order valence-electron chi connectivity index (χ1n) is 7.45. The first kappa shape index (κ1) is 16.4. The number of hydrogen-bond acceptors (Lipinski definition) is 7. The highest BCUT2D eigenvalue weighted by molar-refractivity contribution is 6.04. The van der Waals surface area contributed by atoms with Crippen LogP contribution >= 0.6 is 0 Å². The SMILES string of the molecule is CCc1cc2c(C(=O)Oc3ccc([N+](=O)[O-])cc3)cnc(OC)c2o1. The van der Waals surface area contributed by atoms with E-state index in [1.165, 1.54) is 37.6 Å². The highest BCUT2D eigenvalue weighted by Gasteiger charge is 2.20. The van der Waals surface area contributed by atoms with Gasteiger partial charge in [-0.2, -0.15) is 0 Å². The maximum Gasteiger partial charge on any atom is 0.345 e. The Morgan fingerprint density at radius 1 is 1.32 bits per heavy atom. The summed E-state index contributed by atoms with van der Waals surface area (Å²) in [6, 6.07) is 6.98. The van der Waals surface area contributed by atoms with Crippen LogP contribution in [0.2, 0.25) is 0 Å². The van der Waals surface area contributed by atoms with E-state index >= 15 is 0 Å². The van der Waals surface area contributed by atoms with Crippen LogP contribution in [-0.2, 0) is 6.42 Å². The van der Waals surface area contributed by atoms with Gasteiger partial charge in [-0.3, -0.25) is 10.1 Å². The summed E-state index contributed by atoms with van der Waals surface area (Å²) in [6.07, 6.45) is 2.00. The average molecular weight is 342 g/mol. The molecule has 128 valence electrons. The lowest BCUT2D eigenvalue weighted by molar-refractivity contribution is -0.384. The first-order chi connectivity index (χ1) is 12.0. The van der Waals surface area contributed by atoms with Crippen molar-refractivity contribution in [1.29, 1.82) is 0 Å². The minimum absolute atomic E-state index is 0.0873. The lowest BCUT2D eigenvalue weighted by atomic mass is 10.1. The Kier molecular flexibility index (Phi) is 4.34. The predicted molar refractivity (Wildman–Crippen MR) is 88.0 cm³/mol. The van der Waals surface area contributed by atoms with E-state index in [4.69, 9.17) is 13.9 Å². The van der Waals surface area contributed by atoms with Crippen LogP contribution in [0.4, 0.5) is 5.69 Å². The van der Waals surface area contributed by atoms with Gasteiger partial charge in [0.05, 0.1) is 17.6 Å². The van der Waals surface area contributed by atoms with E-state index in [0.717, 1.165) is 0 Å². The number of aromatic nitrogens is 1. The lowest BCUT2D eigenvalue weighted by Crippen LogP contribution is -2.09. The summed E-state index contributed by atoms with van der Waals surface area (Å²) in [5, 5.41) is 11.2. The maximum atomic E-state index is 12.5. The van der Waals surface area contributed by atoms with Crippen LogP contribution in [0.5, 0.6) is 11.6 Å². The van der Waals surface area contributed by atoms with Crippen LogP contribution in [0.15, 0.2) is 40.9 Å². The van der Waals surface area contributed by atoms with E-state index in [1.54, 1.807) is 6.07 Å². The number of rotatable bonds is 5. The van der Waals surface area contributed by atoms with Gasteiger partial charge in [-0.25, -0.2) is 9.78 Å². The highest BCUT2D eigenvalue weighted by Crippen LogP contribution is 2.30. The Balaban J connectivity index is 1.94. The molecule has 0 saturated heterocycles. The van der Waals surface area contributed by atoms with Crippen molar-refractivity contribution in [2.45, 2.75) is 13.3 Å². The molecule has 0 N–H and O–H groups in total. The standard InChI is InChI=1S/C17H14N2O6/c1-3-11-8-13-14(9-18-16(23-2)15(13)24-11)17(20)25-12-6-4-10(5-7-12)19(21)22/h4-9H,3H2,1-2H3. The monoisotopic (exact) mass is 342 g/mol. The van der Waals surface area contributed by atoms with Gasteiger partial charge in [0.1, 0.15) is 11.5 Å². The zero-order chi connectivity index (χ0) is 18.0. The van der Waals surface area contributed by atoms with Crippen LogP contribution < -0.4 is 9.47 Å². The molecule has 0 radical (unpaired) electrons. The van der Waals surface area contributed by atoms with Gasteiger partial charge in [-0.15, -0.1) is 0 Å². The number of nitro benzene ring substituents is 1. The summed E-state index contributed by atoms with van der Waals surface area (Å²) >= 11 is 0. The molecule has 8 heteroatoms. The van der Waals surface area contributed by atoms with Crippen molar-refractivity contribution >= 4 is 22.6 Å². The number of fused-ring (bicyclic) bond motifs is 1. The van der Waals surface area contributed by atoms with Gasteiger partial charge in [0.25, 0.3) is 11.6 Å². The topological polar surface area (TPSA) is 105 Å². The number of nitro groups is 1. The van der Waals surface area contributed by atoms with Gasteiger partial charge < -0.3 is 13.9 Å². The minimum atomic E-state index is -0.641. The third kappa shape index (κ3) is 3.14. The number of aryl methyl sites for hydroxylation is 1. The second-order valence-corrected chi connectivity index (χ2v) is 5.13. The van der Waals surface area contributed by atoms with Crippen molar-refractivity contribution in [1.82, 2.24) is 4.98 Å². The number of furan rings is 1. The van der Waals surface area contributed by atoms with Gasteiger partial charge in [0.2, 0.25) is 0 Å². The molecule has 0 spiro atoms. The number of ether oxygens (including phenoxy) is 2. The number of hydrogen-bond donors (Lipinski definition) is 0. The summed E-state index contributed by atoms with van der Waals surface area (Å²) in [4.78, 5) is 26.7. The second-order valence-electron chi connectivity index (χ2n) is 5.13. The molecule has 2 aromatic heterocycles. The first-order valence-corrected chi connectivity index (χ1v) is 7.45. The number of carbonyl (C=O) groups is 1. The fourth-order valence-corrected chi connectivity index (χ4v) is 2.33. The Labute approximate surface area is 142 Å². The Morgan fingerprint density at radius 2 is 2.04 bits per heavy atom. The predicted octanol–water partition coefficient (Wildman–Crippen LogP) is 3.53. The number of esters is 1. The molecule has 3 rings (SSSR count). The largest absolute Gasteiger partial charge is 0.478 e. The summed E-state index contributed by atoms with van der Waals surface area (Å²) in [6.45, 7) is 1.92. The summed E-state index contributed by atoms with van der Waals surface area (Å²) in [5.41, 5.74) is 0.505. The van der Waals surface area contributed by atoms with Crippen molar-refractivity contribution in [2.24, 2.45) is 0 Å². The third-order valence-corrected chi connectivity index (χ3v) is 3.60. The summed E-state index contributed by atoms with van der Waals surface area (Å²) in [7, 11) is 1.46. The summed E-state index contributed by atoms with van der Waals surface area (Å²) < 4.78 is 16.1. The highest BCUT2D eigenvalue weighted by atomic mass is 16.6. The van der Waals surface area contributed by atoms with Crippen LogP contribution in [0.25, 0.3) is 11.0 Å². The number of pyridine rings is 1. The number of non-ortho nitro benzene ring substituents is 1. The van der Waals surface area contributed by atoms with Crippen LogP contribution in [0.1, 0.15) is 23.0 Å². The molecule has 0 bridgehead atoms. The Morgan fingerprint density at radius 3 is 2.64 bits per heavy atom. The molecule has 2 heterocycles. The van der Waals surface area contributed by atoms with E-state index in [1.807, 2.05) is 6.92 Å². The molecule has 0 fully saturated rings. The molecule has 25 heavy (non-hydrogen) atoms. The maximum absolute atomic E-state index is 12.5. The molecule has 0 saturated carbocycles. The van der Waals surface area contributed by atoms with E-state index in [9.17, 15) is 14.9 Å². The second kappa shape index (κ2) is 6.60. The molecule has 0 aliphatic rings. The van der Waals surface area contributed by atoms with Crippen LogP contribution in [0.3, 0.4) is 0 Å². The van der Waals surface area contributed by atoms with Crippen LogP contribution in [-0.4, -0.2) is 23.0 Å². The van der Waals surface area contributed by atoms with Gasteiger partial charge in [-0.1, -0.05) is 6.92 Å². The van der Waals surface area contributed by atoms with Crippen molar-refractivity contribution < 1.29 is 23.6 Å². The molecule has 0 aliphatic carbocycles. The molecule has 0 unspecified atom stereocenters. The number of methoxy groups -OCH3 is 1. The molecule has 0 amide bonds. The smallest absolute Gasteiger partial charge is 0.345 e. The van der Waals surface area contributed by atoms with Crippen molar-refractivity contribution in [3.63, 3.8) is 0 Å². The third-order valence-electron chi connectivity index (χ3n) is 3.60. The fourth-order valence-electron chi connectivity index (χ4n) is 2.33. The lowest BCUT2D eigenvalue weighted by Gasteiger charge is -2.06. The molecular weight excluding hydrogens is 328 g/mol. The van der Waals surface area contributed by atoms with Gasteiger partial charge in [-0.05, 0) is 18.2 Å². The minimum Gasteiger partial charge on any atom is -0.478 e. The Bertz CT molecular complexity index is 946. The fraction of sp³-hybridized carbons (Fsp3) is 0.176. The van der Waals surface area contributed by atoms with Crippen molar-refractivity contribution in [3.8, 4) is 11.6 Å². The Hall–Kier alpha value is -3.42. The molecule has 3 aromatic rings. The van der Waals surface area contributed by atoms with E-state index in [2.05, 4.69) is 4.98 Å². The number of nitrogens with zero attached hydrogens (tertiary/aromatic N) is 2. The zero-order valence-electron chi connectivity index (χ0n) is 13.5. The van der Waals surface area contributed by atoms with Crippen molar-refractivity contribution in [3.05, 3.63) is 58.0 Å². The summed E-state index contributed by atoms with van der Waals surface area (Å²) in [5.74, 6) is 0.517.